The van der Waals surface area contributed by atoms with Gasteiger partial charge in [-0.1, -0.05) is 0 Å². The molecule has 8 heteroatoms. The summed E-state index contributed by atoms with van der Waals surface area (Å²) >= 11 is 0. The van der Waals surface area contributed by atoms with E-state index in [0.29, 0.717) is 11.4 Å². The first-order chi connectivity index (χ1) is 8.31. The Hall–Kier alpha value is -1.41. The Morgan fingerprint density at radius 3 is 2.61 bits per heavy atom. The molecule has 100 valence electrons. The fourth-order valence-corrected chi connectivity index (χ4v) is 3.55. The van der Waals surface area contributed by atoms with Gasteiger partial charge in [0.25, 0.3) is 0 Å². The maximum atomic E-state index is 12.1. The van der Waals surface area contributed by atoms with Crippen LogP contribution in [0.2, 0.25) is 0 Å². The van der Waals surface area contributed by atoms with E-state index in [-0.39, 0.29) is 17.5 Å². The van der Waals surface area contributed by atoms with E-state index in [2.05, 4.69) is 9.82 Å². The first kappa shape index (κ1) is 13.0. The summed E-state index contributed by atoms with van der Waals surface area (Å²) in [7, 11) is -3.60. The fourth-order valence-electron chi connectivity index (χ4n) is 1.83. The lowest BCUT2D eigenvalue weighted by molar-refractivity contribution is -0.137. The number of aromatic nitrogens is 2. The zero-order valence-electron chi connectivity index (χ0n) is 10.2. The number of sulfonamides is 1. The molecule has 0 unspecified atom stereocenters. The van der Waals surface area contributed by atoms with Crippen molar-refractivity contribution in [2.24, 2.45) is 0 Å². The first-order valence-electron chi connectivity index (χ1n) is 5.59. The van der Waals surface area contributed by atoms with Crippen LogP contribution >= 0.6 is 0 Å². The van der Waals surface area contributed by atoms with E-state index >= 15 is 0 Å². The standard InChI is InChI=1S/C10H15N3O4S/c1-6-10(18(16,17)12-8-3-4-8)7(2)13(11-6)5-9(14)15/h8,12H,3-5H2,1-2H3,(H,14,15). The van der Waals surface area contributed by atoms with Crippen LogP contribution < -0.4 is 4.72 Å². The Morgan fingerprint density at radius 2 is 2.11 bits per heavy atom. The van der Waals surface area contributed by atoms with Gasteiger partial charge in [0.1, 0.15) is 11.4 Å². The van der Waals surface area contributed by atoms with Gasteiger partial charge in [0.2, 0.25) is 10.0 Å². The second kappa shape index (κ2) is 4.36. The SMILES string of the molecule is Cc1nn(CC(=O)O)c(C)c1S(=O)(=O)NC1CC1. The molecule has 0 aromatic carbocycles. The van der Waals surface area contributed by atoms with E-state index in [4.69, 9.17) is 5.11 Å². The summed E-state index contributed by atoms with van der Waals surface area (Å²) < 4.78 is 28.0. The Morgan fingerprint density at radius 1 is 1.50 bits per heavy atom. The van der Waals surface area contributed by atoms with Gasteiger partial charge < -0.3 is 5.11 Å². The molecule has 1 aromatic rings. The zero-order valence-corrected chi connectivity index (χ0v) is 11.0. The Balaban J connectivity index is 2.37. The van der Waals surface area contributed by atoms with Crippen molar-refractivity contribution in [2.75, 3.05) is 0 Å². The van der Waals surface area contributed by atoms with Crippen LogP contribution in [0.4, 0.5) is 0 Å². The summed E-state index contributed by atoms with van der Waals surface area (Å²) in [6.45, 7) is 2.78. The summed E-state index contributed by atoms with van der Waals surface area (Å²) in [6.07, 6.45) is 1.70. The van der Waals surface area contributed by atoms with E-state index < -0.39 is 16.0 Å². The number of carboxylic acid groups (broad SMARTS) is 1. The minimum atomic E-state index is -3.60. The molecule has 2 rings (SSSR count). The van der Waals surface area contributed by atoms with Crippen LogP contribution in [0.1, 0.15) is 24.2 Å². The van der Waals surface area contributed by atoms with Crippen molar-refractivity contribution in [1.29, 1.82) is 0 Å². The number of carboxylic acids is 1. The van der Waals surface area contributed by atoms with Gasteiger partial charge in [-0.15, -0.1) is 0 Å². The van der Waals surface area contributed by atoms with Gasteiger partial charge in [0, 0.05) is 6.04 Å². The minimum absolute atomic E-state index is 0.0108. The third-order valence-electron chi connectivity index (χ3n) is 2.77. The summed E-state index contributed by atoms with van der Waals surface area (Å²) in [5.74, 6) is -1.06. The Kier molecular flexibility index (Phi) is 3.16. The summed E-state index contributed by atoms with van der Waals surface area (Å²) in [5.41, 5.74) is 0.671. The molecule has 7 nitrogen and oxygen atoms in total. The molecule has 0 atom stereocenters. The lowest BCUT2D eigenvalue weighted by Gasteiger charge is -2.06. The largest absolute Gasteiger partial charge is 0.480 e. The van der Waals surface area contributed by atoms with Gasteiger partial charge in [-0.3, -0.25) is 9.48 Å². The molecule has 1 aliphatic rings. The highest BCUT2D eigenvalue weighted by Crippen LogP contribution is 2.25. The predicted octanol–water partition coefficient (Wildman–Crippen LogP) is 0.0252. The number of nitrogens with zero attached hydrogens (tertiary/aromatic N) is 2. The minimum Gasteiger partial charge on any atom is -0.480 e. The highest BCUT2D eigenvalue weighted by Gasteiger charge is 2.31. The second-order valence-corrected chi connectivity index (χ2v) is 6.10. The molecule has 18 heavy (non-hydrogen) atoms. The number of rotatable bonds is 5. The summed E-state index contributed by atoms with van der Waals surface area (Å²) in [4.78, 5) is 10.7. The smallest absolute Gasteiger partial charge is 0.325 e. The molecule has 0 aliphatic heterocycles. The lowest BCUT2D eigenvalue weighted by Crippen LogP contribution is -2.26. The molecule has 0 spiro atoms. The molecule has 2 N–H and O–H groups in total. The topological polar surface area (TPSA) is 101 Å². The predicted molar refractivity (Wildman–Crippen MR) is 62.7 cm³/mol. The van der Waals surface area contributed by atoms with E-state index in [1.807, 2.05) is 0 Å². The molecule has 1 aromatic heterocycles. The Labute approximate surface area is 105 Å². The molecule has 1 saturated carbocycles. The molecule has 1 fully saturated rings. The van der Waals surface area contributed by atoms with Crippen molar-refractivity contribution in [3.8, 4) is 0 Å². The van der Waals surface area contributed by atoms with Crippen molar-refractivity contribution < 1.29 is 18.3 Å². The second-order valence-electron chi connectivity index (χ2n) is 4.45. The lowest BCUT2D eigenvalue weighted by atomic mass is 10.4. The highest BCUT2D eigenvalue weighted by molar-refractivity contribution is 7.89. The normalized spacial score (nSPS) is 15.9. The van der Waals surface area contributed by atoms with E-state index in [0.717, 1.165) is 12.8 Å². The third-order valence-corrected chi connectivity index (χ3v) is 4.54. The van der Waals surface area contributed by atoms with Crippen LogP contribution in [0.5, 0.6) is 0 Å². The van der Waals surface area contributed by atoms with Crippen LogP contribution in [-0.4, -0.2) is 35.3 Å². The van der Waals surface area contributed by atoms with Crippen LogP contribution in [0.3, 0.4) is 0 Å². The van der Waals surface area contributed by atoms with Crippen molar-refractivity contribution in [3.63, 3.8) is 0 Å². The number of carbonyl (C=O) groups is 1. The number of hydrogen-bond acceptors (Lipinski definition) is 4. The van der Waals surface area contributed by atoms with Crippen molar-refractivity contribution in [1.82, 2.24) is 14.5 Å². The van der Waals surface area contributed by atoms with Crippen LogP contribution in [0.15, 0.2) is 4.90 Å². The molecule has 1 heterocycles. The summed E-state index contributed by atoms with van der Waals surface area (Å²) in [6, 6.07) is 0.0108. The number of aliphatic carboxylic acids is 1. The molecule has 1 aliphatic carbocycles. The molecular formula is C10H15N3O4S. The van der Waals surface area contributed by atoms with Crippen LogP contribution in [0.25, 0.3) is 0 Å². The average Bonchev–Trinajstić information content (AvgIpc) is 2.93. The Bertz CT molecular complexity index is 587. The maximum Gasteiger partial charge on any atom is 0.325 e. The molecule has 0 amide bonds. The van der Waals surface area contributed by atoms with Crippen molar-refractivity contribution in [2.45, 2.75) is 44.2 Å². The van der Waals surface area contributed by atoms with Gasteiger partial charge in [0.15, 0.2) is 0 Å². The molecular weight excluding hydrogens is 258 g/mol. The van der Waals surface area contributed by atoms with Gasteiger partial charge in [-0.2, -0.15) is 5.10 Å². The first-order valence-corrected chi connectivity index (χ1v) is 7.07. The number of hydrogen-bond donors (Lipinski definition) is 2. The highest BCUT2D eigenvalue weighted by atomic mass is 32.2. The van der Waals surface area contributed by atoms with Crippen molar-refractivity contribution in [3.05, 3.63) is 11.4 Å². The average molecular weight is 273 g/mol. The zero-order chi connectivity index (χ0) is 13.5. The van der Waals surface area contributed by atoms with Gasteiger partial charge in [-0.05, 0) is 26.7 Å². The number of aryl methyl sites for hydroxylation is 1. The fraction of sp³-hybridized carbons (Fsp3) is 0.600. The monoisotopic (exact) mass is 273 g/mol. The van der Waals surface area contributed by atoms with E-state index in [9.17, 15) is 13.2 Å². The third kappa shape index (κ3) is 2.54. The van der Waals surface area contributed by atoms with Crippen LogP contribution in [0, 0.1) is 13.8 Å². The molecule has 0 saturated heterocycles. The van der Waals surface area contributed by atoms with E-state index in [1.54, 1.807) is 13.8 Å². The summed E-state index contributed by atoms with van der Waals surface area (Å²) in [5, 5.41) is 12.7. The van der Waals surface area contributed by atoms with Crippen molar-refractivity contribution >= 4 is 16.0 Å². The van der Waals surface area contributed by atoms with Gasteiger partial charge >= 0.3 is 5.97 Å². The quantitative estimate of drug-likeness (QED) is 0.788. The van der Waals surface area contributed by atoms with Gasteiger partial charge in [0.05, 0.1) is 11.4 Å². The molecule has 0 bridgehead atoms. The number of nitrogens with one attached hydrogen (secondary N) is 1. The van der Waals surface area contributed by atoms with Gasteiger partial charge in [-0.25, -0.2) is 13.1 Å². The van der Waals surface area contributed by atoms with Crippen LogP contribution in [-0.2, 0) is 21.4 Å². The molecule has 0 radical (unpaired) electrons. The maximum absolute atomic E-state index is 12.1. The van der Waals surface area contributed by atoms with E-state index in [1.165, 1.54) is 4.68 Å².